The molecule has 1 atom stereocenters. The molecule has 17 heavy (non-hydrogen) atoms. The van der Waals surface area contributed by atoms with E-state index in [4.69, 9.17) is 9.47 Å². The van der Waals surface area contributed by atoms with Gasteiger partial charge in [-0.25, -0.2) is 0 Å². The van der Waals surface area contributed by atoms with Crippen LogP contribution in [0.25, 0.3) is 0 Å². The van der Waals surface area contributed by atoms with Crippen LogP contribution in [-0.4, -0.2) is 17.5 Å². The standard InChI is InChI=1S/C13H15IO3/c1-16-11-6-4-10(5-7-11)13(9-14)8-2-3-12(15)17-13/h4-7H,2-3,8-9H2,1H3/t13-/m1/s1. The Hall–Kier alpha value is -0.780. The summed E-state index contributed by atoms with van der Waals surface area (Å²) in [7, 11) is 1.64. The minimum absolute atomic E-state index is 0.0938. The predicted octanol–water partition coefficient (Wildman–Crippen LogP) is 3.05. The summed E-state index contributed by atoms with van der Waals surface area (Å²) in [5, 5.41) is 0. The van der Waals surface area contributed by atoms with Gasteiger partial charge in [0.05, 0.1) is 7.11 Å². The van der Waals surface area contributed by atoms with Crippen molar-refractivity contribution < 1.29 is 14.3 Å². The molecule has 1 fully saturated rings. The van der Waals surface area contributed by atoms with Gasteiger partial charge in [-0.1, -0.05) is 34.7 Å². The SMILES string of the molecule is COc1ccc([C@]2(CI)CCCC(=O)O2)cc1. The van der Waals surface area contributed by atoms with Crippen LogP contribution in [-0.2, 0) is 15.1 Å². The van der Waals surface area contributed by atoms with Gasteiger partial charge in [-0.05, 0) is 30.5 Å². The second kappa shape index (κ2) is 5.25. The zero-order valence-corrected chi connectivity index (χ0v) is 11.9. The molecule has 0 bridgehead atoms. The summed E-state index contributed by atoms with van der Waals surface area (Å²) >= 11 is 2.28. The molecular formula is C13H15IO3. The molecule has 1 aliphatic rings. The van der Waals surface area contributed by atoms with Crippen molar-refractivity contribution in [1.82, 2.24) is 0 Å². The van der Waals surface area contributed by atoms with Gasteiger partial charge in [-0.3, -0.25) is 4.79 Å². The monoisotopic (exact) mass is 346 g/mol. The molecule has 1 saturated heterocycles. The first-order chi connectivity index (χ1) is 8.20. The number of rotatable bonds is 3. The van der Waals surface area contributed by atoms with Crippen LogP contribution < -0.4 is 4.74 Å². The average molecular weight is 346 g/mol. The number of carbonyl (C=O) groups excluding carboxylic acids is 1. The molecule has 0 aromatic heterocycles. The van der Waals surface area contributed by atoms with E-state index >= 15 is 0 Å². The molecule has 0 radical (unpaired) electrons. The molecule has 1 aliphatic heterocycles. The minimum atomic E-state index is -0.442. The van der Waals surface area contributed by atoms with Gasteiger partial charge in [-0.15, -0.1) is 0 Å². The molecule has 0 aliphatic carbocycles. The van der Waals surface area contributed by atoms with Crippen LogP contribution >= 0.6 is 22.6 Å². The maximum absolute atomic E-state index is 11.5. The van der Waals surface area contributed by atoms with Gasteiger partial charge < -0.3 is 9.47 Å². The van der Waals surface area contributed by atoms with Crippen molar-refractivity contribution in [3.05, 3.63) is 29.8 Å². The first kappa shape index (κ1) is 12.7. The van der Waals surface area contributed by atoms with Crippen LogP contribution in [0.2, 0.25) is 0 Å². The van der Waals surface area contributed by atoms with Gasteiger partial charge in [0.1, 0.15) is 11.4 Å². The summed E-state index contributed by atoms with van der Waals surface area (Å²) in [6.07, 6.45) is 2.33. The summed E-state index contributed by atoms with van der Waals surface area (Å²) in [6.45, 7) is 0. The third kappa shape index (κ3) is 2.56. The number of alkyl halides is 1. The molecule has 0 saturated carbocycles. The second-order valence-corrected chi connectivity index (χ2v) is 4.95. The highest BCUT2D eigenvalue weighted by molar-refractivity contribution is 14.1. The molecule has 0 amide bonds. The van der Waals surface area contributed by atoms with Gasteiger partial charge in [0, 0.05) is 10.8 Å². The highest BCUT2D eigenvalue weighted by atomic mass is 127. The lowest BCUT2D eigenvalue weighted by Crippen LogP contribution is -2.37. The summed E-state index contributed by atoms with van der Waals surface area (Å²) in [5.74, 6) is 0.725. The highest BCUT2D eigenvalue weighted by Crippen LogP contribution is 2.37. The van der Waals surface area contributed by atoms with Crippen LogP contribution in [0, 0.1) is 0 Å². The molecule has 1 aromatic carbocycles. The Kier molecular flexibility index (Phi) is 3.91. The fraction of sp³-hybridized carbons (Fsp3) is 0.462. The molecule has 1 aromatic rings. The van der Waals surface area contributed by atoms with Crippen LogP contribution in [0.4, 0.5) is 0 Å². The van der Waals surface area contributed by atoms with Crippen LogP contribution in [0.15, 0.2) is 24.3 Å². The van der Waals surface area contributed by atoms with Crippen LogP contribution in [0.5, 0.6) is 5.75 Å². The molecule has 0 unspecified atom stereocenters. The Bertz CT molecular complexity index is 402. The highest BCUT2D eigenvalue weighted by Gasteiger charge is 2.38. The minimum Gasteiger partial charge on any atom is -0.497 e. The number of halogens is 1. The van der Waals surface area contributed by atoms with Gasteiger partial charge >= 0.3 is 5.97 Å². The van der Waals surface area contributed by atoms with E-state index in [2.05, 4.69) is 22.6 Å². The second-order valence-electron chi connectivity index (χ2n) is 4.18. The molecule has 3 nitrogen and oxygen atoms in total. The normalized spacial score (nSPS) is 24.2. The third-order valence-electron chi connectivity index (χ3n) is 3.10. The number of carbonyl (C=O) groups is 1. The quantitative estimate of drug-likeness (QED) is 0.479. The van der Waals surface area contributed by atoms with E-state index in [0.717, 1.165) is 28.6 Å². The zero-order valence-electron chi connectivity index (χ0n) is 9.74. The van der Waals surface area contributed by atoms with E-state index in [1.54, 1.807) is 7.11 Å². The van der Waals surface area contributed by atoms with E-state index in [1.165, 1.54) is 0 Å². The Labute approximate surface area is 115 Å². The summed E-state index contributed by atoms with van der Waals surface area (Å²) in [5.41, 5.74) is 0.614. The maximum Gasteiger partial charge on any atom is 0.306 e. The third-order valence-corrected chi connectivity index (χ3v) is 4.33. The summed E-state index contributed by atoms with van der Waals surface area (Å²) in [6, 6.07) is 7.78. The number of hydrogen-bond donors (Lipinski definition) is 0. The lowest BCUT2D eigenvalue weighted by Gasteiger charge is -2.35. The van der Waals surface area contributed by atoms with E-state index in [9.17, 15) is 4.79 Å². The topological polar surface area (TPSA) is 35.5 Å². The van der Waals surface area contributed by atoms with E-state index in [0.29, 0.717) is 6.42 Å². The fourth-order valence-electron chi connectivity index (χ4n) is 2.11. The first-order valence-electron chi connectivity index (χ1n) is 5.62. The van der Waals surface area contributed by atoms with E-state index in [-0.39, 0.29) is 5.97 Å². The number of ether oxygens (including phenoxy) is 2. The van der Waals surface area contributed by atoms with Crippen molar-refractivity contribution in [2.45, 2.75) is 24.9 Å². The predicted molar refractivity (Wildman–Crippen MR) is 73.5 cm³/mol. The maximum atomic E-state index is 11.5. The Balaban J connectivity index is 2.29. The number of benzene rings is 1. The van der Waals surface area contributed by atoms with Gasteiger partial charge in [-0.2, -0.15) is 0 Å². The summed E-state index contributed by atoms with van der Waals surface area (Å²) in [4.78, 5) is 11.5. The zero-order chi connectivity index (χ0) is 12.3. The van der Waals surface area contributed by atoms with Crippen molar-refractivity contribution >= 4 is 28.6 Å². The first-order valence-corrected chi connectivity index (χ1v) is 7.15. The number of cyclic esters (lactones) is 1. The molecular weight excluding hydrogens is 331 g/mol. The van der Waals surface area contributed by atoms with Crippen molar-refractivity contribution in [3.63, 3.8) is 0 Å². The van der Waals surface area contributed by atoms with Gasteiger partial charge in [0.25, 0.3) is 0 Å². The Morgan fingerprint density at radius 3 is 2.65 bits per heavy atom. The molecule has 1 heterocycles. The summed E-state index contributed by atoms with van der Waals surface area (Å²) < 4.78 is 11.5. The lowest BCUT2D eigenvalue weighted by atomic mass is 9.88. The molecule has 0 N–H and O–H groups in total. The number of esters is 1. The Morgan fingerprint density at radius 1 is 1.41 bits per heavy atom. The van der Waals surface area contributed by atoms with Crippen molar-refractivity contribution in [1.29, 1.82) is 0 Å². The van der Waals surface area contributed by atoms with Crippen LogP contribution in [0.1, 0.15) is 24.8 Å². The van der Waals surface area contributed by atoms with E-state index in [1.807, 2.05) is 24.3 Å². The smallest absolute Gasteiger partial charge is 0.306 e. The molecule has 92 valence electrons. The van der Waals surface area contributed by atoms with Gasteiger partial charge in [0.15, 0.2) is 0 Å². The van der Waals surface area contributed by atoms with Crippen molar-refractivity contribution in [2.24, 2.45) is 0 Å². The average Bonchev–Trinajstić information content (AvgIpc) is 2.38. The fourth-order valence-corrected chi connectivity index (χ4v) is 3.09. The lowest BCUT2D eigenvalue weighted by molar-refractivity contribution is -0.165. The van der Waals surface area contributed by atoms with Gasteiger partial charge in [0.2, 0.25) is 0 Å². The largest absolute Gasteiger partial charge is 0.497 e. The number of hydrogen-bond acceptors (Lipinski definition) is 3. The van der Waals surface area contributed by atoms with Crippen LogP contribution in [0.3, 0.4) is 0 Å². The molecule has 4 heteroatoms. The number of methoxy groups -OCH3 is 1. The Morgan fingerprint density at radius 2 is 2.12 bits per heavy atom. The van der Waals surface area contributed by atoms with Crippen molar-refractivity contribution in [3.8, 4) is 5.75 Å². The molecule has 0 spiro atoms. The van der Waals surface area contributed by atoms with Crippen molar-refractivity contribution in [2.75, 3.05) is 11.5 Å². The van der Waals surface area contributed by atoms with E-state index < -0.39 is 5.60 Å². The molecule has 2 rings (SSSR count).